The summed E-state index contributed by atoms with van der Waals surface area (Å²) in [4.78, 5) is 0. The third-order valence-electron chi connectivity index (χ3n) is 0.744. The van der Waals surface area contributed by atoms with Crippen molar-refractivity contribution in [1.82, 2.24) is 0 Å². The summed E-state index contributed by atoms with van der Waals surface area (Å²) in [5.74, 6) is 0. The molecule has 55 valence electrons. The SMILES string of the molecule is C1COCCO1.C[CH]C. The van der Waals surface area contributed by atoms with Crippen LogP contribution in [0.3, 0.4) is 0 Å². The van der Waals surface area contributed by atoms with Gasteiger partial charge in [0, 0.05) is 0 Å². The zero-order valence-electron chi connectivity index (χ0n) is 6.22. The zero-order chi connectivity index (χ0) is 6.95. The van der Waals surface area contributed by atoms with E-state index in [0.717, 1.165) is 26.4 Å². The molecule has 0 bridgehead atoms. The van der Waals surface area contributed by atoms with Crippen LogP contribution in [-0.4, -0.2) is 26.4 Å². The van der Waals surface area contributed by atoms with Crippen molar-refractivity contribution < 1.29 is 9.47 Å². The van der Waals surface area contributed by atoms with Crippen LogP contribution in [0, 0.1) is 6.42 Å². The minimum absolute atomic E-state index is 0.778. The molecule has 0 aromatic rings. The highest BCUT2D eigenvalue weighted by Crippen LogP contribution is 1.85. The molecular weight excluding hydrogens is 116 g/mol. The molecule has 1 aliphatic rings. The van der Waals surface area contributed by atoms with Gasteiger partial charge < -0.3 is 9.47 Å². The monoisotopic (exact) mass is 131 g/mol. The lowest BCUT2D eigenvalue weighted by atomic mass is 10.6. The Morgan fingerprint density at radius 2 is 1.11 bits per heavy atom. The lowest BCUT2D eigenvalue weighted by Crippen LogP contribution is -2.16. The predicted molar refractivity (Wildman–Crippen MR) is 37.3 cm³/mol. The average molecular weight is 131 g/mol. The summed E-state index contributed by atoms with van der Waals surface area (Å²) in [5, 5.41) is 0. The van der Waals surface area contributed by atoms with Crippen molar-refractivity contribution in [2.24, 2.45) is 0 Å². The molecule has 0 unspecified atom stereocenters. The van der Waals surface area contributed by atoms with Gasteiger partial charge in [0.25, 0.3) is 0 Å². The molecule has 1 aliphatic heterocycles. The first kappa shape index (κ1) is 8.92. The number of hydrogen-bond donors (Lipinski definition) is 0. The van der Waals surface area contributed by atoms with E-state index < -0.39 is 0 Å². The number of ether oxygens (including phenoxy) is 2. The smallest absolute Gasteiger partial charge is 0.0701 e. The molecule has 9 heavy (non-hydrogen) atoms. The van der Waals surface area contributed by atoms with Crippen molar-refractivity contribution in [3.05, 3.63) is 6.42 Å². The van der Waals surface area contributed by atoms with Gasteiger partial charge in [0.2, 0.25) is 0 Å². The fourth-order valence-electron chi connectivity index (χ4n) is 0.440. The molecule has 1 rings (SSSR count). The van der Waals surface area contributed by atoms with E-state index in [1.165, 1.54) is 0 Å². The molecule has 2 heteroatoms. The number of rotatable bonds is 0. The molecule has 1 fully saturated rings. The largest absolute Gasteiger partial charge is 0.377 e. The Balaban J connectivity index is 0.000000187. The summed E-state index contributed by atoms with van der Waals surface area (Å²) in [5.41, 5.74) is 0. The fraction of sp³-hybridized carbons (Fsp3) is 0.857. The maximum Gasteiger partial charge on any atom is 0.0701 e. The Hall–Kier alpha value is -0.0800. The van der Waals surface area contributed by atoms with Crippen LogP contribution in [0.25, 0.3) is 0 Å². The van der Waals surface area contributed by atoms with Crippen molar-refractivity contribution in [3.8, 4) is 0 Å². The first-order chi connectivity index (χ1) is 4.41. The van der Waals surface area contributed by atoms with E-state index in [1.807, 2.05) is 20.3 Å². The zero-order valence-corrected chi connectivity index (χ0v) is 6.22. The first-order valence-corrected chi connectivity index (χ1v) is 3.31. The Labute approximate surface area is 57.2 Å². The van der Waals surface area contributed by atoms with Crippen LogP contribution in [0.15, 0.2) is 0 Å². The van der Waals surface area contributed by atoms with Crippen molar-refractivity contribution in [2.45, 2.75) is 13.8 Å². The van der Waals surface area contributed by atoms with Crippen molar-refractivity contribution >= 4 is 0 Å². The van der Waals surface area contributed by atoms with E-state index in [9.17, 15) is 0 Å². The van der Waals surface area contributed by atoms with Crippen molar-refractivity contribution in [1.29, 1.82) is 0 Å². The molecule has 1 radical (unpaired) electrons. The number of hydrogen-bond acceptors (Lipinski definition) is 2. The summed E-state index contributed by atoms with van der Waals surface area (Å²) in [6.45, 7) is 7.11. The molecule has 0 N–H and O–H groups in total. The summed E-state index contributed by atoms with van der Waals surface area (Å²) < 4.78 is 9.89. The maximum absolute atomic E-state index is 4.94. The molecule has 1 saturated heterocycles. The molecule has 0 aliphatic carbocycles. The third-order valence-corrected chi connectivity index (χ3v) is 0.744. The van der Waals surface area contributed by atoms with E-state index in [4.69, 9.17) is 9.47 Å². The highest BCUT2D eigenvalue weighted by atomic mass is 16.6. The summed E-state index contributed by atoms with van der Waals surface area (Å²) in [7, 11) is 0. The molecule has 1 heterocycles. The predicted octanol–water partition coefficient (Wildman–Crippen LogP) is 1.26. The highest BCUT2D eigenvalue weighted by molar-refractivity contribution is 4.37. The fourth-order valence-corrected chi connectivity index (χ4v) is 0.440. The van der Waals surface area contributed by atoms with Crippen LogP contribution < -0.4 is 0 Å². The second-order valence-corrected chi connectivity index (χ2v) is 1.80. The second-order valence-electron chi connectivity index (χ2n) is 1.80. The third kappa shape index (κ3) is 7.92. The topological polar surface area (TPSA) is 18.5 Å². The molecule has 0 aromatic carbocycles. The lowest BCUT2D eigenvalue weighted by molar-refractivity contribution is -0.0334. The van der Waals surface area contributed by atoms with E-state index in [1.54, 1.807) is 0 Å². The Bertz CT molecular complexity index is 30.7. The normalized spacial score (nSPS) is 18.0. The van der Waals surface area contributed by atoms with Gasteiger partial charge in [0.15, 0.2) is 0 Å². The van der Waals surface area contributed by atoms with Gasteiger partial charge in [0.1, 0.15) is 0 Å². The van der Waals surface area contributed by atoms with Crippen molar-refractivity contribution in [3.63, 3.8) is 0 Å². The van der Waals surface area contributed by atoms with Crippen LogP contribution in [0.2, 0.25) is 0 Å². The Morgan fingerprint density at radius 1 is 0.889 bits per heavy atom. The molecular formula is C7H15O2. The molecule has 0 amide bonds. The van der Waals surface area contributed by atoms with Gasteiger partial charge >= 0.3 is 0 Å². The van der Waals surface area contributed by atoms with Crippen LogP contribution >= 0.6 is 0 Å². The lowest BCUT2D eigenvalue weighted by Gasteiger charge is -2.09. The highest BCUT2D eigenvalue weighted by Gasteiger charge is 1.94. The molecule has 2 nitrogen and oxygen atoms in total. The minimum Gasteiger partial charge on any atom is -0.377 e. The summed E-state index contributed by atoms with van der Waals surface area (Å²) >= 11 is 0. The van der Waals surface area contributed by atoms with Gasteiger partial charge in [-0.15, -0.1) is 0 Å². The van der Waals surface area contributed by atoms with E-state index in [0.29, 0.717) is 0 Å². The van der Waals surface area contributed by atoms with Gasteiger partial charge in [-0.25, -0.2) is 0 Å². The first-order valence-electron chi connectivity index (χ1n) is 3.31. The summed E-state index contributed by atoms with van der Waals surface area (Å²) in [6, 6.07) is 0. The van der Waals surface area contributed by atoms with Crippen LogP contribution in [0.4, 0.5) is 0 Å². The average Bonchev–Trinajstić information content (AvgIpc) is 1.93. The minimum atomic E-state index is 0.778. The van der Waals surface area contributed by atoms with Crippen LogP contribution in [-0.2, 0) is 9.47 Å². The van der Waals surface area contributed by atoms with E-state index in [-0.39, 0.29) is 0 Å². The quantitative estimate of drug-likeness (QED) is 0.493. The van der Waals surface area contributed by atoms with Gasteiger partial charge in [-0.05, 0) is 6.42 Å². The Morgan fingerprint density at radius 3 is 1.22 bits per heavy atom. The van der Waals surface area contributed by atoms with E-state index in [2.05, 4.69) is 0 Å². The van der Waals surface area contributed by atoms with Gasteiger partial charge in [0.05, 0.1) is 26.4 Å². The van der Waals surface area contributed by atoms with E-state index >= 15 is 0 Å². The van der Waals surface area contributed by atoms with Gasteiger partial charge in [-0.1, -0.05) is 13.8 Å². The molecule has 0 aromatic heterocycles. The van der Waals surface area contributed by atoms with Gasteiger partial charge in [-0.2, -0.15) is 0 Å². The standard InChI is InChI=1S/C4H8O2.C3H7/c1-2-6-4-3-5-1;1-3-2/h1-4H2;3H,1-2H3. The molecule has 0 spiro atoms. The van der Waals surface area contributed by atoms with Crippen LogP contribution in [0.1, 0.15) is 13.8 Å². The molecule has 0 saturated carbocycles. The van der Waals surface area contributed by atoms with Gasteiger partial charge in [-0.3, -0.25) is 0 Å². The second kappa shape index (κ2) is 7.92. The maximum atomic E-state index is 4.94. The Kier molecular flexibility index (Phi) is 7.85. The van der Waals surface area contributed by atoms with Crippen molar-refractivity contribution in [2.75, 3.05) is 26.4 Å². The van der Waals surface area contributed by atoms with Crippen LogP contribution in [0.5, 0.6) is 0 Å². The summed E-state index contributed by atoms with van der Waals surface area (Å²) in [6.07, 6.45) is 2.00. The molecule has 0 atom stereocenters.